The van der Waals surface area contributed by atoms with Gasteiger partial charge in [-0.25, -0.2) is 9.78 Å². The van der Waals surface area contributed by atoms with Gasteiger partial charge < -0.3 is 43.2 Å². The third-order valence-corrected chi connectivity index (χ3v) is 6.09. The van der Waals surface area contributed by atoms with Crippen LogP contribution in [0, 0.1) is 0 Å². The molecule has 11 N–H and O–H groups in total. The molecule has 0 aliphatic rings. The predicted molar refractivity (Wildman–Crippen MR) is 138 cm³/mol. The molecule has 1 aromatic heterocycles. The van der Waals surface area contributed by atoms with Crippen LogP contribution >= 0.6 is 11.8 Å². The summed E-state index contributed by atoms with van der Waals surface area (Å²) in [7, 11) is 0. The van der Waals surface area contributed by atoms with E-state index in [1.54, 1.807) is 0 Å². The Hall–Kier alpha value is -3.17. The molecular formula is C22H38N8O6S. The summed E-state index contributed by atoms with van der Waals surface area (Å²) >= 11 is 1.44. The normalized spacial score (nSPS) is 14.1. The van der Waals surface area contributed by atoms with Gasteiger partial charge in [0.1, 0.15) is 18.1 Å². The highest BCUT2D eigenvalue weighted by molar-refractivity contribution is 7.98. The molecule has 0 radical (unpaired) electrons. The molecule has 0 spiro atoms. The number of nitrogens with zero attached hydrogens (tertiary/aromatic N) is 1. The van der Waals surface area contributed by atoms with E-state index in [4.69, 9.17) is 17.2 Å². The van der Waals surface area contributed by atoms with Crippen LogP contribution in [0.4, 0.5) is 0 Å². The lowest BCUT2D eigenvalue weighted by atomic mass is 10.1. The third-order valence-electron chi connectivity index (χ3n) is 5.45. The van der Waals surface area contributed by atoms with Gasteiger partial charge in [0.05, 0.1) is 12.4 Å². The van der Waals surface area contributed by atoms with Crippen molar-refractivity contribution >= 4 is 41.4 Å². The van der Waals surface area contributed by atoms with Crippen LogP contribution in [0.3, 0.4) is 0 Å². The number of hydrogen-bond donors (Lipinski definition) is 8. The second kappa shape index (κ2) is 17.3. The number of thioether (sulfide) groups is 1. The quantitative estimate of drug-likeness (QED) is 0.0890. The monoisotopic (exact) mass is 542 g/mol. The Balaban J connectivity index is 2.93. The molecule has 1 rings (SSSR count). The van der Waals surface area contributed by atoms with Crippen LogP contribution in [0.1, 0.15) is 44.2 Å². The number of rotatable bonds is 19. The molecule has 0 fully saturated rings. The van der Waals surface area contributed by atoms with Crippen LogP contribution in [-0.2, 0) is 30.4 Å². The molecule has 14 nitrogen and oxygen atoms in total. The first kappa shape index (κ1) is 31.9. The summed E-state index contributed by atoms with van der Waals surface area (Å²) in [5.41, 5.74) is 17.2. The van der Waals surface area contributed by atoms with Crippen molar-refractivity contribution in [3.05, 3.63) is 18.2 Å². The van der Waals surface area contributed by atoms with Gasteiger partial charge in [0.25, 0.3) is 0 Å². The molecule has 37 heavy (non-hydrogen) atoms. The molecule has 0 bridgehead atoms. The largest absolute Gasteiger partial charge is 0.480 e. The summed E-state index contributed by atoms with van der Waals surface area (Å²) in [5, 5.41) is 17.0. The van der Waals surface area contributed by atoms with Gasteiger partial charge in [-0.2, -0.15) is 11.8 Å². The lowest BCUT2D eigenvalue weighted by Crippen LogP contribution is -2.57. The van der Waals surface area contributed by atoms with Crippen LogP contribution in [0.2, 0.25) is 0 Å². The van der Waals surface area contributed by atoms with Crippen molar-refractivity contribution < 1.29 is 29.1 Å². The lowest BCUT2D eigenvalue weighted by Gasteiger charge is -2.25. The number of primary amides is 1. The highest BCUT2D eigenvalue weighted by Crippen LogP contribution is 2.07. The fraction of sp³-hybridized carbons (Fsp3) is 0.636. The molecule has 0 saturated heterocycles. The number of carbonyl (C=O) groups is 5. The molecule has 1 aromatic rings. The van der Waals surface area contributed by atoms with Crippen molar-refractivity contribution in [1.82, 2.24) is 25.9 Å². The smallest absolute Gasteiger partial charge is 0.326 e. The number of carboxylic acid groups (broad SMARTS) is 1. The number of nitrogens with two attached hydrogens (primary N) is 3. The Morgan fingerprint density at radius 3 is 2.16 bits per heavy atom. The van der Waals surface area contributed by atoms with E-state index in [0.717, 1.165) is 0 Å². The number of unbranched alkanes of at least 4 members (excludes halogenated alkanes) is 1. The molecule has 15 heteroatoms. The average Bonchev–Trinajstić information content (AvgIpc) is 3.36. The maximum Gasteiger partial charge on any atom is 0.326 e. The van der Waals surface area contributed by atoms with Crippen LogP contribution < -0.4 is 33.2 Å². The number of nitrogens with one attached hydrogen (secondary N) is 4. The van der Waals surface area contributed by atoms with Crippen molar-refractivity contribution in [3.8, 4) is 0 Å². The second-order valence-electron chi connectivity index (χ2n) is 8.48. The number of carboxylic acids is 1. The summed E-state index contributed by atoms with van der Waals surface area (Å²) in [4.78, 5) is 68.3. The van der Waals surface area contributed by atoms with Crippen LogP contribution in [0.5, 0.6) is 0 Å². The topological polar surface area (TPSA) is 248 Å². The highest BCUT2D eigenvalue weighted by atomic mass is 32.2. The van der Waals surface area contributed by atoms with Crippen LogP contribution in [-0.4, -0.2) is 87.4 Å². The van der Waals surface area contributed by atoms with Crippen LogP contribution in [0.15, 0.2) is 12.5 Å². The minimum Gasteiger partial charge on any atom is -0.480 e. The molecule has 0 aromatic carbocycles. The van der Waals surface area contributed by atoms with E-state index in [0.29, 0.717) is 30.8 Å². The number of H-pyrrole nitrogens is 1. The van der Waals surface area contributed by atoms with E-state index in [9.17, 15) is 29.1 Å². The van der Waals surface area contributed by atoms with Crippen molar-refractivity contribution in [2.24, 2.45) is 17.2 Å². The molecule has 0 aliphatic heterocycles. The number of amides is 4. The predicted octanol–water partition coefficient (Wildman–Crippen LogP) is -2.03. The number of aliphatic carboxylic acids is 1. The molecule has 4 atom stereocenters. The van der Waals surface area contributed by atoms with Gasteiger partial charge in [-0.05, 0) is 50.7 Å². The molecular weight excluding hydrogens is 504 g/mol. The van der Waals surface area contributed by atoms with Gasteiger partial charge >= 0.3 is 5.97 Å². The van der Waals surface area contributed by atoms with Gasteiger partial charge in [0.15, 0.2) is 0 Å². The van der Waals surface area contributed by atoms with Gasteiger partial charge in [0, 0.05) is 24.7 Å². The zero-order valence-electron chi connectivity index (χ0n) is 20.9. The first-order valence-electron chi connectivity index (χ1n) is 11.9. The summed E-state index contributed by atoms with van der Waals surface area (Å²) in [6.07, 6.45) is 6.11. The van der Waals surface area contributed by atoms with Crippen LogP contribution in [0.25, 0.3) is 0 Å². The van der Waals surface area contributed by atoms with E-state index >= 15 is 0 Å². The summed E-state index contributed by atoms with van der Waals surface area (Å²) < 4.78 is 0. The van der Waals surface area contributed by atoms with Crippen molar-refractivity contribution in [2.75, 3.05) is 18.6 Å². The number of aromatic nitrogens is 2. The van der Waals surface area contributed by atoms with Gasteiger partial charge in [-0.3, -0.25) is 19.2 Å². The average molecular weight is 543 g/mol. The number of imidazole rings is 1. The molecule has 0 aliphatic carbocycles. The molecule has 4 unspecified atom stereocenters. The van der Waals surface area contributed by atoms with Crippen molar-refractivity contribution in [2.45, 2.75) is 69.1 Å². The van der Waals surface area contributed by atoms with E-state index in [1.807, 2.05) is 6.26 Å². The van der Waals surface area contributed by atoms with E-state index in [2.05, 4.69) is 25.9 Å². The minimum atomic E-state index is -1.20. The third kappa shape index (κ3) is 12.6. The lowest BCUT2D eigenvalue weighted by molar-refractivity contribution is -0.142. The number of aromatic amines is 1. The zero-order chi connectivity index (χ0) is 27.8. The van der Waals surface area contributed by atoms with Crippen molar-refractivity contribution in [3.63, 3.8) is 0 Å². The first-order valence-corrected chi connectivity index (χ1v) is 13.3. The summed E-state index contributed by atoms with van der Waals surface area (Å²) in [6.45, 7) is 0.399. The van der Waals surface area contributed by atoms with Gasteiger partial charge in [0.2, 0.25) is 23.6 Å². The van der Waals surface area contributed by atoms with E-state index < -0.39 is 53.8 Å². The Kier molecular flexibility index (Phi) is 14.9. The molecule has 0 saturated carbocycles. The molecule has 1 heterocycles. The Labute approximate surface area is 219 Å². The SMILES string of the molecule is CSCCC(NC(=O)C(CCC(N)=O)NC(=O)C(N)Cc1cnc[nH]1)C(=O)NC(CCCCN)C(=O)O. The fourth-order valence-electron chi connectivity index (χ4n) is 3.36. The number of carbonyl (C=O) groups excluding carboxylic acids is 4. The Morgan fingerprint density at radius 2 is 1.62 bits per heavy atom. The minimum absolute atomic E-state index is 0.114. The van der Waals surface area contributed by atoms with Gasteiger partial charge in [-0.15, -0.1) is 0 Å². The fourth-order valence-corrected chi connectivity index (χ4v) is 3.83. The Morgan fingerprint density at radius 1 is 1.00 bits per heavy atom. The maximum absolute atomic E-state index is 13.1. The zero-order valence-corrected chi connectivity index (χ0v) is 21.7. The Bertz CT molecular complexity index is 885. The highest BCUT2D eigenvalue weighted by Gasteiger charge is 2.30. The van der Waals surface area contributed by atoms with Gasteiger partial charge in [-0.1, -0.05) is 0 Å². The second-order valence-corrected chi connectivity index (χ2v) is 9.47. The molecule has 208 valence electrons. The van der Waals surface area contributed by atoms with E-state index in [-0.39, 0.29) is 32.1 Å². The maximum atomic E-state index is 13.1. The van der Waals surface area contributed by atoms with Crippen molar-refractivity contribution in [1.29, 1.82) is 0 Å². The molecule has 4 amide bonds. The van der Waals surface area contributed by atoms with E-state index in [1.165, 1.54) is 24.3 Å². The summed E-state index contributed by atoms with van der Waals surface area (Å²) in [5.74, 6) is -3.41. The first-order chi connectivity index (χ1) is 17.6. The number of hydrogen-bond acceptors (Lipinski definition) is 9. The summed E-state index contributed by atoms with van der Waals surface area (Å²) in [6, 6.07) is -4.41. The standard InChI is InChI=1S/C22H38N8O6S/c1-37-9-7-16(21(34)30-17(22(35)36)4-2-3-8-23)29-20(33)15(5-6-18(25)31)28-19(32)14(24)10-13-11-26-12-27-13/h11-12,14-17H,2-10,23-24H2,1H3,(H2,25,31)(H,26,27)(H,28,32)(H,29,33)(H,30,34)(H,35,36).